The summed E-state index contributed by atoms with van der Waals surface area (Å²) in [5.41, 5.74) is 10.7. The maximum Gasteiger partial charge on any atom is 0.220 e. The molecule has 0 spiro atoms. The molecule has 0 bridgehead atoms. The lowest BCUT2D eigenvalue weighted by molar-refractivity contribution is -0.128. The molecular weight excluding hydrogens is 364 g/mol. The lowest BCUT2D eigenvalue weighted by Crippen LogP contribution is -2.40. The van der Waals surface area contributed by atoms with Crippen molar-refractivity contribution in [3.8, 4) is 0 Å². The van der Waals surface area contributed by atoms with Gasteiger partial charge < -0.3 is 16.8 Å². The Kier molecular flexibility index (Phi) is 18.6. The fraction of sp³-hybridized carbons (Fsp3) is 0.870. The SMILES string of the molecule is CCCCCCCCCC(=O)C(CCCN=C(N)N)NC(=O)CCCCCCC. The van der Waals surface area contributed by atoms with Crippen LogP contribution in [0.5, 0.6) is 0 Å². The number of unbranched alkanes of at least 4 members (excludes halogenated alkanes) is 10. The minimum atomic E-state index is -0.410. The molecule has 1 atom stereocenters. The monoisotopic (exact) mass is 410 g/mol. The van der Waals surface area contributed by atoms with Crippen molar-refractivity contribution in [2.45, 2.75) is 123 Å². The molecule has 0 rings (SSSR count). The Morgan fingerprint density at radius 1 is 0.759 bits per heavy atom. The van der Waals surface area contributed by atoms with Crippen LogP contribution in [-0.4, -0.2) is 30.2 Å². The molecule has 0 aliphatic carbocycles. The van der Waals surface area contributed by atoms with Gasteiger partial charge in [0, 0.05) is 19.4 Å². The lowest BCUT2D eigenvalue weighted by atomic mass is 10.00. The normalized spacial score (nSPS) is 11.8. The Morgan fingerprint density at radius 2 is 1.28 bits per heavy atom. The number of Topliss-reactive ketones (excluding diaryl/α,β-unsaturated/α-hetero) is 1. The van der Waals surface area contributed by atoms with Gasteiger partial charge in [-0.2, -0.15) is 0 Å². The maximum absolute atomic E-state index is 12.7. The quantitative estimate of drug-likeness (QED) is 0.155. The Morgan fingerprint density at radius 3 is 1.83 bits per heavy atom. The Hall–Kier alpha value is -1.59. The van der Waals surface area contributed by atoms with Gasteiger partial charge in [-0.15, -0.1) is 0 Å². The van der Waals surface area contributed by atoms with Gasteiger partial charge in [0.25, 0.3) is 0 Å². The summed E-state index contributed by atoms with van der Waals surface area (Å²) in [6.07, 6.45) is 16.1. The van der Waals surface area contributed by atoms with Crippen LogP contribution in [0, 0.1) is 0 Å². The second kappa shape index (κ2) is 19.7. The molecule has 6 heteroatoms. The predicted molar refractivity (Wildman–Crippen MR) is 123 cm³/mol. The van der Waals surface area contributed by atoms with E-state index < -0.39 is 6.04 Å². The average Bonchev–Trinajstić information content (AvgIpc) is 2.69. The minimum Gasteiger partial charge on any atom is -0.370 e. The van der Waals surface area contributed by atoms with Crippen LogP contribution in [0.3, 0.4) is 0 Å². The molecule has 0 saturated heterocycles. The highest BCUT2D eigenvalue weighted by atomic mass is 16.2. The summed E-state index contributed by atoms with van der Waals surface area (Å²) >= 11 is 0. The van der Waals surface area contributed by atoms with Gasteiger partial charge in [-0.25, -0.2) is 0 Å². The van der Waals surface area contributed by atoms with Crippen molar-refractivity contribution < 1.29 is 9.59 Å². The van der Waals surface area contributed by atoms with Crippen LogP contribution in [0.15, 0.2) is 4.99 Å². The number of amides is 1. The highest BCUT2D eigenvalue weighted by molar-refractivity contribution is 5.89. The van der Waals surface area contributed by atoms with Crippen molar-refractivity contribution in [3.63, 3.8) is 0 Å². The molecule has 0 aliphatic rings. The van der Waals surface area contributed by atoms with Gasteiger partial charge in [-0.05, 0) is 25.7 Å². The molecule has 0 aliphatic heterocycles. The number of carbonyl (C=O) groups excluding carboxylic acids is 2. The first-order valence-electron chi connectivity index (χ1n) is 11.9. The predicted octanol–water partition coefficient (Wildman–Crippen LogP) is 4.60. The Balaban J connectivity index is 4.30. The smallest absolute Gasteiger partial charge is 0.220 e. The number of aliphatic imine (C=N–C) groups is 1. The van der Waals surface area contributed by atoms with Crippen molar-refractivity contribution >= 4 is 17.6 Å². The summed E-state index contributed by atoms with van der Waals surface area (Å²) in [6.45, 7) is 4.87. The molecule has 0 aromatic heterocycles. The first kappa shape index (κ1) is 27.4. The zero-order valence-corrected chi connectivity index (χ0v) is 19.0. The summed E-state index contributed by atoms with van der Waals surface area (Å²) in [5, 5.41) is 2.97. The molecule has 0 radical (unpaired) electrons. The molecule has 1 amide bonds. The van der Waals surface area contributed by atoms with Gasteiger partial charge >= 0.3 is 0 Å². The van der Waals surface area contributed by atoms with Crippen molar-refractivity contribution in [3.05, 3.63) is 0 Å². The molecule has 5 N–H and O–H groups in total. The highest BCUT2D eigenvalue weighted by Gasteiger charge is 2.19. The number of hydrogen-bond donors (Lipinski definition) is 3. The first-order chi connectivity index (χ1) is 14.0. The highest BCUT2D eigenvalue weighted by Crippen LogP contribution is 2.12. The maximum atomic E-state index is 12.7. The van der Waals surface area contributed by atoms with Crippen LogP contribution in [0.25, 0.3) is 0 Å². The Labute approximate surface area is 178 Å². The van der Waals surface area contributed by atoms with Crippen LogP contribution in [0.4, 0.5) is 0 Å². The van der Waals surface area contributed by atoms with Gasteiger partial charge in [-0.3, -0.25) is 14.6 Å². The number of nitrogens with two attached hydrogens (primary N) is 2. The van der Waals surface area contributed by atoms with Gasteiger partial charge in [0.1, 0.15) is 0 Å². The number of nitrogens with one attached hydrogen (secondary N) is 1. The fourth-order valence-electron chi connectivity index (χ4n) is 3.40. The van der Waals surface area contributed by atoms with Gasteiger partial charge in [0.2, 0.25) is 5.91 Å². The molecule has 0 heterocycles. The van der Waals surface area contributed by atoms with E-state index in [0.717, 1.165) is 25.7 Å². The van der Waals surface area contributed by atoms with E-state index in [0.29, 0.717) is 32.2 Å². The van der Waals surface area contributed by atoms with Crippen LogP contribution in [-0.2, 0) is 9.59 Å². The summed E-state index contributed by atoms with van der Waals surface area (Å²) in [7, 11) is 0. The third-order valence-electron chi connectivity index (χ3n) is 5.20. The first-order valence-corrected chi connectivity index (χ1v) is 11.9. The summed E-state index contributed by atoms with van der Waals surface area (Å²) in [6, 6.07) is -0.410. The molecule has 0 aromatic rings. The van der Waals surface area contributed by atoms with Crippen molar-refractivity contribution in [2.24, 2.45) is 16.5 Å². The van der Waals surface area contributed by atoms with E-state index in [2.05, 4.69) is 24.2 Å². The number of hydrogen-bond acceptors (Lipinski definition) is 3. The van der Waals surface area contributed by atoms with Crippen LogP contribution in [0.1, 0.15) is 117 Å². The molecule has 0 saturated carbocycles. The summed E-state index contributed by atoms with van der Waals surface area (Å²) in [4.78, 5) is 28.9. The van der Waals surface area contributed by atoms with Gasteiger partial charge in [0.05, 0.1) is 6.04 Å². The van der Waals surface area contributed by atoms with E-state index >= 15 is 0 Å². The summed E-state index contributed by atoms with van der Waals surface area (Å²) in [5.74, 6) is 0.191. The Bertz CT molecular complexity index is 448. The van der Waals surface area contributed by atoms with Crippen LogP contribution >= 0.6 is 0 Å². The third-order valence-corrected chi connectivity index (χ3v) is 5.20. The van der Waals surface area contributed by atoms with Crippen LogP contribution in [0.2, 0.25) is 0 Å². The van der Waals surface area contributed by atoms with E-state index in [1.165, 1.54) is 51.4 Å². The number of nitrogens with zero attached hydrogens (tertiary/aromatic N) is 1. The molecule has 170 valence electrons. The van der Waals surface area contributed by atoms with E-state index in [1.54, 1.807) is 0 Å². The number of rotatable bonds is 20. The van der Waals surface area contributed by atoms with Gasteiger partial charge in [0.15, 0.2) is 11.7 Å². The van der Waals surface area contributed by atoms with Crippen LogP contribution < -0.4 is 16.8 Å². The molecule has 0 aromatic carbocycles. The second-order valence-corrected chi connectivity index (χ2v) is 8.07. The summed E-state index contributed by atoms with van der Waals surface area (Å²) < 4.78 is 0. The molecule has 29 heavy (non-hydrogen) atoms. The van der Waals surface area contributed by atoms with E-state index in [-0.39, 0.29) is 17.6 Å². The number of guanidine groups is 1. The van der Waals surface area contributed by atoms with Crippen molar-refractivity contribution in [1.29, 1.82) is 0 Å². The lowest BCUT2D eigenvalue weighted by Gasteiger charge is -2.17. The van der Waals surface area contributed by atoms with Crippen molar-refractivity contribution in [2.75, 3.05) is 6.54 Å². The topological polar surface area (TPSA) is 111 Å². The minimum absolute atomic E-state index is 0.0127. The van der Waals surface area contributed by atoms with Gasteiger partial charge in [-0.1, -0.05) is 78.1 Å². The van der Waals surface area contributed by atoms with Crippen molar-refractivity contribution in [1.82, 2.24) is 5.32 Å². The molecule has 0 fully saturated rings. The fourth-order valence-corrected chi connectivity index (χ4v) is 3.40. The molecule has 6 nitrogen and oxygen atoms in total. The number of carbonyl (C=O) groups is 2. The zero-order valence-electron chi connectivity index (χ0n) is 19.0. The molecule has 1 unspecified atom stereocenters. The second-order valence-electron chi connectivity index (χ2n) is 8.07. The van der Waals surface area contributed by atoms with E-state index in [1.807, 2.05) is 0 Å². The van der Waals surface area contributed by atoms with E-state index in [4.69, 9.17) is 11.5 Å². The zero-order chi connectivity index (χ0) is 21.7. The average molecular weight is 411 g/mol. The number of ketones is 1. The standard InChI is InChI=1S/C23H46N4O2/c1-3-5-7-9-10-12-13-17-21(28)20(16-15-19-26-23(24)25)27-22(29)18-14-11-8-6-4-2/h20H,3-19H2,1-2H3,(H,27,29)(H4,24,25,26). The largest absolute Gasteiger partial charge is 0.370 e. The third kappa shape index (κ3) is 18.2. The molecular formula is C23H46N4O2. The van der Waals surface area contributed by atoms with E-state index in [9.17, 15) is 9.59 Å².